The average molecular weight is 374 g/mol. The van der Waals surface area contributed by atoms with Crippen LogP contribution >= 0.6 is 11.8 Å². The van der Waals surface area contributed by atoms with Crippen LogP contribution in [0.1, 0.15) is 24.5 Å². The second-order valence-corrected chi connectivity index (χ2v) is 7.13. The maximum atomic E-state index is 12.3. The Morgan fingerprint density at radius 2 is 1.88 bits per heavy atom. The van der Waals surface area contributed by atoms with Crippen molar-refractivity contribution >= 4 is 17.7 Å². The number of rotatable bonds is 10. The van der Waals surface area contributed by atoms with E-state index in [1.54, 1.807) is 7.11 Å². The number of benzene rings is 2. The van der Waals surface area contributed by atoms with Gasteiger partial charge in [-0.2, -0.15) is 11.8 Å². The van der Waals surface area contributed by atoms with E-state index in [0.717, 1.165) is 17.3 Å². The number of thioether (sulfide) groups is 1. The van der Waals surface area contributed by atoms with Gasteiger partial charge in [0.2, 0.25) is 0 Å². The second kappa shape index (κ2) is 10.8. The summed E-state index contributed by atoms with van der Waals surface area (Å²) in [4.78, 5) is 12.3. The van der Waals surface area contributed by atoms with E-state index in [0.29, 0.717) is 18.7 Å². The molecule has 0 saturated heterocycles. The van der Waals surface area contributed by atoms with E-state index < -0.39 is 6.10 Å². The lowest BCUT2D eigenvalue weighted by Crippen LogP contribution is -2.39. The molecular weight excluding hydrogens is 346 g/mol. The molecule has 0 aliphatic carbocycles. The minimum atomic E-state index is -0.481. The van der Waals surface area contributed by atoms with Crippen molar-refractivity contribution in [1.82, 2.24) is 5.32 Å². The Labute approximate surface area is 160 Å². The average Bonchev–Trinajstić information content (AvgIpc) is 2.66. The molecule has 0 aliphatic heterocycles. The molecule has 5 heteroatoms. The van der Waals surface area contributed by atoms with Gasteiger partial charge in [0.25, 0.3) is 5.91 Å². The molecule has 0 spiro atoms. The van der Waals surface area contributed by atoms with Crippen LogP contribution in [0.3, 0.4) is 0 Å². The first-order valence-corrected chi connectivity index (χ1v) is 9.99. The SMILES string of the molecule is CC[C@@H](Oc1ccc(OC)cc1)C(=O)NCCSCc1cccc(C)c1. The van der Waals surface area contributed by atoms with E-state index in [4.69, 9.17) is 9.47 Å². The number of aryl methyl sites for hydroxylation is 1. The van der Waals surface area contributed by atoms with E-state index >= 15 is 0 Å². The fraction of sp³-hybridized carbons (Fsp3) is 0.381. The number of ether oxygens (including phenoxy) is 2. The minimum absolute atomic E-state index is 0.0699. The fourth-order valence-electron chi connectivity index (χ4n) is 2.49. The molecule has 0 bridgehead atoms. The van der Waals surface area contributed by atoms with Gasteiger partial charge >= 0.3 is 0 Å². The van der Waals surface area contributed by atoms with E-state index in [9.17, 15) is 4.79 Å². The summed E-state index contributed by atoms with van der Waals surface area (Å²) in [6.07, 6.45) is 0.138. The van der Waals surface area contributed by atoms with Gasteiger partial charge in [0.15, 0.2) is 6.10 Å². The van der Waals surface area contributed by atoms with Crippen LogP contribution in [-0.4, -0.2) is 31.4 Å². The van der Waals surface area contributed by atoms with Crippen LogP contribution in [0.15, 0.2) is 48.5 Å². The molecule has 0 aliphatic rings. The molecule has 0 aromatic heterocycles. The largest absolute Gasteiger partial charge is 0.497 e. The zero-order valence-electron chi connectivity index (χ0n) is 15.7. The smallest absolute Gasteiger partial charge is 0.261 e. The van der Waals surface area contributed by atoms with E-state index in [1.807, 2.05) is 43.0 Å². The Balaban J connectivity index is 1.70. The Bertz CT molecular complexity index is 688. The summed E-state index contributed by atoms with van der Waals surface area (Å²) in [5.41, 5.74) is 2.59. The van der Waals surface area contributed by atoms with Crippen molar-refractivity contribution in [2.24, 2.45) is 0 Å². The molecule has 0 fully saturated rings. The van der Waals surface area contributed by atoms with Crippen molar-refractivity contribution in [2.75, 3.05) is 19.4 Å². The summed E-state index contributed by atoms with van der Waals surface area (Å²) in [7, 11) is 1.62. The Morgan fingerprint density at radius 1 is 1.15 bits per heavy atom. The molecule has 4 nitrogen and oxygen atoms in total. The molecule has 0 saturated carbocycles. The number of carbonyl (C=O) groups is 1. The molecule has 0 unspecified atom stereocenters. The predicted molar refractivity (Wildman–Crippen MR) is 108 cm³/mol. The van der Waals surface area contributed by atoms with E-state index in [-0.39, 0.29) is 5.91 Å². The van der Waals surface area contributed by atoms with Crippen LogP contribution in [-0.2, 0) is 10.5 Å². The van der Waals surface area contributed by atoms with E-state index in [1.165, 1.54) is 11.1 Å². The topological polar surface area (TPSA) is 47.6 Å². The molecule has 0 heterocycles. The number of methoxy groups -OCH3 is 1. The van der Waals surface area contributed by atoms with Gasteiger partial charge < -0.3 is 14.8 Å². The zero-order chi connectivity index (χ0) is 18.8. The first-order chi connectivity index (χ1) is 12.6. The third-order valence-electron chi connectivity index (χ3n) is 3.90. The van der Waals surface area contributed by atoms with Gasteiger partial charge in [-0.15, -0.1) is 0 Å². The Morgan fingerprint density at radius 3 is 2.54 bits per heavy atom. The van der Waals surface area contributed by atoms with Crippen molar-refractivity contribution in [2.45, 2.75) is 32.1 Å². The van der Waals surface area contributed by atoms with Gasteiger partial charge in [0.05, 0.1) is 7.11 Å². The monoisotopic (exact) mass is 373 g/mol. The summed E-state index contributed by atoms with van der Waals surface area (Å²) in [6, 6.07) is 15.8. The molecule has 1 N–H and O–H groups in total. The molecule has 140 valence electrons. The molecule has 2 aromatic carbocycles. The highest BCUT2D eigenvalue weighted by atomic mass is 32.2. The van der Waals surface area contributed by atoms with Gasteiger partial charge in [0.1, 0.15) is 11.5 Å². The van der Waals surface area contributed by atoms with Crippen molar-refractivity contribution in [3.05, 3.63) is 59.7 Å². The van der Waals surface area contributed by atoms with Gasteiger partial charge in [-0.3, -0.25) is 4.79 Å². The van der Waals surface area contributed by atoms with Gasteiger partial charge in [-0.1, -0.05) is 36.8 Å². The number of carbonyl (C=O) groups excluding carboxylic acids is 1. The highest BCUT2D eigenvalue weighted by Crippen LogP contribution is 2.19. The summed E-state index contributed by atoms with van der Waals surface area (Å²) < 4.78 is 10.9. The van der Waals surface area contributed by atoms with Crippen molar-refractivity contribution in [3.8, 4) is 11.5 Å². The molecule has 26 heavy (non-hydrogen) atoms. The quantitative estimate of drug-likeness (QED) is 0.634. The van der Waals surface area contributed by atoms with Gasteiger partial charge in [-0.05, 0) is 43.2 Å². The summed E-state index contributed by atoms with van der Waals surface area (Å²) in [5.74, 6) is 3.19. The summed E-state index contributed by atoms with van der Waals surface area (Å²) in [6.45, 7) is 4.68. The molecule has 2 rings (SSSR count). The highest BCUT2D eigenvalue weighted by Gasteiger charge is 2.17. The lowest BCUT2D eigenvalue weighted by atomic mass is 10.2. The van der Waals surface area contributed by atoms with Crippen LogP contribution in [0.4, 0.5) is 0 Å². The van der Waals surface area contributed by atoms with Gasteiger partial charge in [0, 0.05) is 18.1 Å². The molecular formula is C21H27NO3S. The van der Waals surface area contributed by atoms with Crippen molar-refractivity contribution < 1.29 is 14.3 Å². The zero-order valence-corrected chi connectivity index (χ0v) is 16.5. The van der Waals surface area contributed by atoms with Crippen LogP contribution in [0.2, 0.25) is 0 Å². The first kappa shape index (κ1) is 20.2. The van der Waals surface area contributed by atoms with Crippen LogP contribution < -0.4 is 14.8 Å². The van der Waals surface area contributed by atoms with Crippen LogP contribution in [0.25, 0.3) is 0 Å². The lowest BCUT2D eigenvalue weighted by molar-refractivity contribution is -0.127. The molecule has 1 atom stereocenters. The maximum Gasteiger partial charge on any atom is 0.261 e. The maximum absolute atomic E-state index is 12.3. The van der Waals surface area contributed by atoms with Gasteiger partial charge in [-0.25, -0.2) is 0 Å². The Kier molecular flexibility index (Phi) is 8.35. The number of hydrogen-bond donors (Lipinski definition) is 1. The predicted octanol–water partition coefficient (Wildman–Crippen LogP) is 4.21. The fourth-order valence-corrected chi connectivity index (χ4v) is 3.30. The summed E-state index contributed by atoms with van der Waals surface area (Å²) in [5, 5.41) is 2.96. The highest BCUT2D eigenvalue weighted by molar-refractivity contribution is 7.98. The normalized spacial score (nSPS) is 11.7. The first-order valence-electron chi connectivity index (χ1n) is 8.84. The Hall–Kier alpha value is -2.14. The summed E-state index contributed by atoms with van der Waals surface area (Å²) >= 11 is 1.81. The number of amides is 1. The number of nitrogens with one attached hydrogen (secondary N) is 1. The molecule has 0 radical (unpaired) electrons. The third-order valence-corrected chi connectivity index (χ3v) is 4.93. The van der Waals surface area contributed by atoms with Crippen molar-refractivity contribution in [3.63, 3.8) is 0 Å². The van der Waals surface area contributed by atoms with Crippen LogP contribution in [0.5, 0.6) is 11.5 Å². The van der Waals surface area contributed by atoms with Crippen LogP contribution in [0, 0.1) is 6.92 Å². The third kappa shape index (κ3) is 6.64. The lowest BCUT2D eigenvalue weighted by Gasteiger charge is -2.17. The minimum Gasteiger partial charge on any atom is -0.497 e. The molecule has 1 amide bonds. The standard InChI is InChI=1S/C21H27NO3S/c1-4-20(25-19-10-8-18(24-3)9-11-19)21(23)22-12-13-26-15-17-7-5-6-16(2)14-17/h5-11,14,20H,4,12-13,15H2,1-3H3,(H,22,23)/t20-/m1/s1. The number of hydrogen-bond acceptors (Lipinski definition) is 4. The van der Waals surface area contributed by atoms with E-state index in [2.05, 4.69) is 36.5 Å². The molecule has 2 aromatic rings. The van der Waals surface area contributed by atoms with Crippen molar-refractivity contribution in [1.29, 1.82) is 0 Å². The second-order valence-electron chi connectivity index (χ2n) is 6.02.